The molecule has 4 nitrogen and oxygen atoms in total. The maximum atomic E-state index is 10.4. The average molecular weight is 301 g/mol. The Morgan fingerprint density at radius 2 is 2.00 bits per heavy atom. The second-order valence-electron chi connectivity index (χ2n) is 5.01. The van der Waals surface area contributed by atoms with Crippen LogP contribution in [0.5, 0.6) is 11.5 Å². The first-order chi connectivity index (χ1) is 9.67. The molecule has 0 amide bonds. The average Bonchev–Trinajstić information content (AvgIpc) is 2.47. The van der Waals surface area contributed by atoms with Crippen molar-refractivity contribution in [1.29, 1.82) is 0 Å². The predicted molar refractivity (Wildman–Crippen MR) is 77.7 cm³/mol. The third-order valence-electron chi connectivity index (χ3n) is 3.77. The Morgan fingerprint density at radius 3 is 2.60 bits per heavy atom. The van der Waals surface area contributed by atoms with E-state index in [1.54, 1.807) is 26.4 Å². The highest BCUT2D eigenvalue weighted by Gasteiger charge is 2.23. The molecule has 20 heavy (non-hydrogen) atoms. The zero-order valence-corrected chi connectivity index (χ0v) is 12.7. The summed E-state index contributed by atoms with van der Waals surface area (Å²) in [6.45, 7) is 1.55. The minimum absolute atomic E-state index is 0.423. The number of halogens is 1. The summed E-state index contributed by atoms with van der Waals surface area (Å²) in [6.07, 6.45) is 2.08. The molecule has 1 heterocycles. The van der Waals surface area contributed by atoms with Gasteiger partial charge in [0.1, 0.15) is 0 Å². The van der Waals surface area contributed by atoms with E-state index in [1.807, 2.05) is 0 Å². The molecule has 0 spiro atoms. The molecule has 1 aliphatic heterocycles. The van der Waals surface area contributed by atoms with Gasteiger partial charge >= 0.3 is 0 Å². The Kier molecular flexibility index (Phi) is 5.52. The van der Waals surface area contributed by atoms with E-state index in [0.29, 0.717) is 34.4 Å². The van der Waals surface area contributed by atoms with Crippen LogP contribution in [0.15, 0.2) is 12.1 Å². The molecule has 0 aromatic heterocycles. The summed E-state index contributed by atoms with van der Waals surface area (Å²) in [7, 11) is 3.10. The Balaban J connectivity index is 2.14. The van der Waals surface area contributed by atoms with Crippen LogP contribution >= 0.6 is 11.6 Å². The van der Waals surface area contributed by atoms with E-state index in [4.69, 9.17) is 25.8 Å². The molecule has 1 aromatic rings. The lowest BCUT2D eigenvalue weighted by Crippen LogP contribution is -2.18. The number of rotatable bonds is 5. The number of methoxy groups -OCH3 is 2. The first-order valence-corrected chi connectivity index (χ1v) is 7.21. The monoisotopic (exact) mass is 300 g/mol. The van der Waals surface area contributed by atoms with Gasteiger partial charge in [0.15, 0.2) is 11.5 Å². The van der Waals surface area contributed by atoms with Gasteiger partial charge in [-0.05, 0) is 31.2 Å². The molecular weight excluding hydrogens is 280 g/mol. The zero-order valence-electron chi connectivity index (χ0n) is 11.9. The highest BCUT2D eigenvalue weighted by molar-refractivity contribution is 6.33. The van der Waals surface area contributed by atoms with E-state index in [2.05, 4.69) is 0 Å². The molecule has 1 aromatic carbocycles. The van der Waals surface area contributed by atoms with Crippen molar-refractivity contribution in [2.24, 2.45) is 5.92 Å². The molecule has 1 N–H and O–H groups in total. The van der Waals surface area contributed by atoms with Crippen molar-refractivity contribution < 1.29 is 19.3 Å². The van der Waals surface area contributed by atoms with Crippen molar-refractivity contribution in [1.82, 2.24) is 0 Å². The van der Waals surface area contributed by atoms with Crippen molar-refractivity contribution in [3.05, 3.63) is 22.7 Å². The Labute approximate surface area is 124 Å². The van der Waals surface area contributed by atoms with Crippen LogP contribution in [0.25, 0.3) is 0 Å². The van der Waals surface area contributed by atoms with Gasteiger partial charge in [-0.2, -0.15) is 0 Å². The summed E-state index contributed by atoms with van der Waals surface area (Å²) in [5, 5.41) is 10.8. The van der Waals surface area contributed by atoms with Gasteiger partial charge in [0.25, 0.3) is 0 Å². The lowest BCUT2D eigenvalue weighted by Gasteiger charge is -2.25. The molecule has 1 atom stereocenters. The van der Waals surface area contributed by atoms with Gasteiger partial charge in [-0.1, -0.05) is 17.7 Å². The second-order valence-corrected chi connectivity index (χ2v) is 5.39. The van der Waals surface area contributed by atoms with E-state index in [9.17, 15) is 5.11 Å². The van der Waals surface area contributed by atoms with Gasteiger partial charge in [0, 0.05) is 18.8 Å². The summed E-state index contributed by atoms with van der Waals surface area (Å²) in [6, 6.07) is 3.57. The zero-order chi connectivity index (χ0) is 14.5. The van der Waals surface area contributed by atoms with Gasteiger partial charge < -0.3 is 19.3 Å². The fraction of sp³-hybridized carbons (Fsp3) is 0.600. The Bertz CT molecular complexity index is 444. The van der Waals surface area contributed by atoms with E-state index >= 15 is 0 Å². The molecule has 0 aliphatic carbocycles. The molecule has 1 saturated heterocycles. The van der Waals surface area contributed by atoms with Crippen LogP contribution in [0.2, 0.25) is 5.02 Å². The molecule has 2 rings (SSSR count). The molecule has 112 valence electrons. The quantitative estimate of drug-likeness (QED) is 0.907. The molecule has 0 saturated carbocycles. The van der Waals surface area contributed by atoms with Crippen molar-refractivity contribution in [2.45, 2.75) is 25.4 Å². The van der Waals surface area contributed by atoms with Crippen molar-refractivity contribution in [3.8, 4) is 11.5 Å². The van der Waals surface area contributed by atoms with Gasteiger partial charge in [-0.25, -0.2) is 0 Å². The molecule has 5 heteroatoms. The molecule has 1 unspecified atom stereocenters. The topological polar surface area (TPSA) is 47.9 Å². The third-order valence-corrected chi connectivity index (χ3v) is 4.16. The number of hydrogen-bond acceptors (Lipinski definition) is 4. The molecule has 0 radical (unpaired) electrons. The van der Waals surface area contributed by atoms with Gasteiger partial charge in [0.05, 0.1) is 25.3 Å². The van der Waals surface area contributed by atoms with E-state index in [-0.39, 0.29) is 0 Å². The van der Waals surface area contributed by atoms with Crippen LogP contribution in [0.3, 0.4) is 0 Å². The summed E-state index contributed by atoms with van der Waals surface area (Å²) in [5.74, 6) is 1.51. The standard InChI is InChI=1S/C15H21ClO4/c1-18-13-4-3-11(14(16)15(13)19-2)12(17)9-10-5-7-20-8-6-10/h3-4,10,12,17H,5-9H2,1-2H3. The minimum Gasteiger partial charge on any atom is -0.493 e. The lowest BCUT2D eigenvalue weighted by atomic mass is 9.91. The van der Waals surface area contributed by atoms with Gasteiger partial charge in [-0.15, -0.1) is 0 Å². The maximum absolute atomic E-state index is 10.4. The second kappa shape index (κ2) is 7.16. The summed E-state index contributed by atoms with van der Waals surface area (Å²) >= 11 is 6.32. The van der Waals surface area contributed by atoms with Crippen molar-refractivity contribution in [3.63, 3.8) is 0 Å². The van der Waals surface area contributed by atoms with Crippen LogP contribution in [-0.4, -0.2) is 32.5 Å². The first kappa shape index (κ1) is 15.4. The van der Waals surface area contributed by atoms with Crippen molar-refractivity contribution in [2.75, 3.05) is 27.4 Å². The number of hydrogen-bond donors (Lipinski definition) is 1. The lowest BCUT2D eigenvalue weighted by molar-refractivity contribution is 0.0435. The van der Waals surface area contributed by atoms with Crippen LogP contribution in [-0.2, 0) is 4.74 Å². The minimum atomic E-state index is -0.592. The van der Waals surface area contributed by atoms with E-state index in [0.717, 1.165) is 26.1 Å². The molecule has 0 bridgehead atoms. The molecule has 1 aliphatic rings. The largest absolute Gasteiger partial charge is 0.493 e. The first-order valence-electron chi connectivity index (χ1n) is 6.83. The van der Waals surface area contributed by atoms with Gasteiger partial charge in [-0.3, -0.25) is 0 Å². The van der Waals surface area contributed by atoms with E-state index in [1.165, 1.54) is 0 Å². The summed E-state index contributed by atoms with van der Waals surface area (Å²) in [4.78, 5) is 0. The highest BCUT2D eigenvalue weighted by Crippen LogP contribution is 2.41. The van der Waals surface area contributed by atoms with Crippen LogP contribution in [0.4, 0.5) is 0 Å². The smallest absolute Gasteiger partial charge is 0.179 e. The number of benzene rings is 1. The van der Waals surface area contributed by atoms with Crippen LogP contribution in [0.1, 0.15) is 30.9 Å². The number of ether oxygens (including phenoxy) is 3. The predicted octanol–water partition coefficient (Wildman–Crippen LogP) is 3.21. The Morgan fingerprint density at radius 1 is 1.30 bits per heavy atom. The fourth-order valence-electron chi connectivity index (χ4n) is 2.59. The van der Waals surface area contributed by atoms with Crippen LogP contribution in [0, 0.1) is 5.92 Å². The highest BCUT2D eigenvalue weighted by atomic mass is 35.5. The summed E-state index contributed by atoms with van der Waals surface area (Å²) < 4.78 is 15.8. The third kappa shape index (κ3) is 3.37. The SMILES string of the molecule is COc1ccc(C(O)CC2CCOCC2)c(Cl)c1OC. The van der Waals surface area contributed by atoms with Crippen LogP contribution < -0.4 is 9.47 Å². The molecular formula is C15H21ClO4. The van der Waals surface area contributed by atoms with Gasteiger partial charge in [0.2, 0.25) is 0 Å². The normalized spacial score (nSPS) is 17.8. The number of aliphatic hydroxyl groups is 1. The number of aliphatic hydroxyl groups excluding tert-OH is 1. The molecule has 1 fully saturated rings. The maximum Gasteiger partial charge on any atom is 0.179 e. The van der Waals surface area contributed by atoms with Crippen molar-refractivity contribution >= 4 is 11.6 Å². The summed E-state index contributed by atoms with van der Waals surface area (Å²) in [5.41, 5.74) is 0.691. The van der Waals surface area contributed by atoms with E-state index < -0.39 is 6.10 Å². The Hall–Kier alpha value is -0.970. The fourth-order valence-corrected chi connectivity index (χ4v) is 2.95.